The molecule has 0 aliphatic carbocycles. The summed E-state index contributed by atoms with van der Waals surface area (Å²) in [5, 5.41) is 0. The maximum atomic E-state index is 5.60. The van der Waals surface area contributed by atoms with Gasteiger partial charge >= 0.3 is 0 Å². The minimum Gasteiger partial charge on any atom is -0.393 e. The minimum absolute atomic E-state index is 0.165. The van der Waals surface area contributed by atoms with Crippen LogP contribution in [0.3, 0.4) is 0 Å². The summed E-state index contributed by atoms with van der Waals surface area (Å²) in [4.78, 5) is 11.2. The number of hydrogen-bond acceptors (Lipinski definition) is 4. The second kappa shape index (κ2) is 6.29. The van der Waals surface area contributed by atoms with E-state index in [1.165, 1.54) is 0 Å². The van der Waals surface area contributed by atoms with Crippen LogP contribution in [-0.2, 0) is 0 Å². The first-order valence-electron chi connectivity index (χ1n) is 5.06. The fourth-order valence-electron chi connectivity index (χ4n) is 1.24. The van der Waals surface area contributed by atoms with Crippen LogP contribution in [0.15, 0.2) is 12.4 Å². The molecule has 0 fully saturated rings. The molecule has 0 aliphatic rings. The van der Waals surface area contributed by atoms with Crippen molar-refractivity contribution in [1.82, 2.24) is 9.97 Å². The van der Waals surface area contributed by atoms with Gasteiger partial charge in [0.1, 0.15) is 0 Å². The summed E-state index contributed by atoms with van der Waals surface area (Å²) in [6.45, 7) is 5.67. The van der Waals surface area contributed by atoms with Crippen LogP contribution in [0, 0.1) is 9.49 Å². The van der Waals surface area contributed by atoms with Gasteiger partial charge in [0, 0.05) is 35.0 Å². The van der Waals surface area contributed by atoms with Crippen LogP contribution >= 0.6 is 34.8 Å². The van der Waals surface area contributed by atoms with Gasteiger partial charge in [-0.2, -0.15) is 0 Å². The molecule has 0 aliphatic heterocycles. The molecule has 2 N–H and O–H groups in total. The fraction of sp³-hybridized carbons (Fsp3) is 0.500. The molecule has 1 unspecified atom stereocenters. The molecular formula is C10H15IN4S. The SMILES string of the molecule is CCN(CC(C)C(N)=S)c1ncc(I)cn1. The van der Waals surface area contributed by atoms with Gasteiger partial charge in [-0.05, 0) is 29.5 Å². The summed E-state index contributed by atoms with van der Waals surface area (Å²) in [5.41, 5.74) is 5.60. The third-order valence-electron chi connectivity index (χ3n) is 2.25. The first-order valence-corrected chi connectivity index (χ1v) is 6.55. The number of thiocarbonyl (C=S) groups is 1. The van der Waals surface area contributed by atoms with Crippen molar-refractivity contribution in [1.29, 1.82) is 0 Å². The summed E-state index contributed by atoms with van der Waals surface area (Å²) in [6.07, 6.45) is 3.61. The molecular weight excluding hydrogens is 335 g/mol. The van der Waals surface area contributed by atoms with Gasteiger partial charge in [-0.15, -0.1) is 0 Å². The highest BCUT2D eigenvalue weighted by Crippen LogP contribution is 2.10. The van der Waals surface area contributed by atoms with E-state index in [9.17, 15) is 0 Å². The maximum absolute atomic E-state index is 5.60. The van der Waals surface area contributed by atoms with Crippen LogP contribution in [0.2, 0.25) is 0 Å². The first kappa shape index (κ1) is 13.6. The van der Waals surface area contributed by atoms with Crippen LogP contribution in [0.25, 0.3) is 0 Å². The summed E-state index contributed by atoms with van der Waals surface area (Å²) >= 11 is 7.15. The van der Waals surface area contributed by atoms with E-state index < -0.39 is 0 Å². The lowest BCUT2D eigenvalue weighted by Gasteiger charge is -2.23. The molecule has 0 saturated heterocycles. The average molecular weight is 350 g/mol. The molecule has 1 aromatic rings. The van der Waals surface area contributed by atoms with Crippen molar-refractivity contribution in [3.63, 3.8) is 0 Å². The van der Waals surface area contributed by atoms with Gasteiger partial charge in [0.05, 0.1) is 4.99 Å². The van der Waals surface area contributed by atoms with Gasteiger partial charge in [-0.1, -0.05) is 19.1 Å². The zero-order valence-corrected chi connectivity index (χ0v) is 12.3. The molecule has 0 bridgehead atoms. The van der Waals surface area contributed by atoms with Gasteiger partial charge in [0.15, 0.2) is 0 Å². The molecule has 0 aromatic carbocycles. The van der Waals surface area contributed by atoms with E-state index in [1.807, 2.05) is 6.92 Å². The minimum atomic E-state index is 0.165. The van der Waals surface area contributed by atoms with E-state index in [2.05, 4.69) is 44.4 Å². The van der Waals surface area contributed by atoms with Gasteiger partial charge in [0.2, 0.25) is 5.95 Å². The molecule has 0 radical (unpaired) electrons. The van der Waals surface area contributed by atoms with Crippen LogP contribution in [-0.4, -0.2) is 28.0 Å². The lowest BCUT2D eigenvalue weighted by atomic mass is 10.2. The van der Waals surface area contributed by atoms with Crippen LogP contribution < -0.4 is 10.6 Å². The predicted molar refractivity (Wildman–Crippen MR) is 78.6 cm³/mol. The number of aromatic nitrogens is 2. The number of rotatable bonds is 5. The number of hydrogen-bond donors (Lipinski definition) is 1. The Morgan fingerprint density at radius 2 is 2.12 bits per heavy atom. The summed E-state index contributed by atoms with van der Waals surface area (Å²) in [5.74, 6) is 0.892. The quantitative estimate of drug-likeness (QED) is 0.649. The standard InChI is InChI=1S/C10H15IN4S/c1-3-15(6-7(2)9(12)16)10-13-4-8(11)5-14-10/h4-5,7H,3,6H2,1-2H3,(H2,12,16). The summed E-state index contributed by atoms with van der Waals surface area (Å²) in [7, 11) is 0. The first-order chi connectivity index (χ1) is 7.54. The Balaban J connectivity index is 2.74. The number of halogens is 1. The van der Waals surface area contributed by atoms with Gasteiger partial charge in [-0.25, -0.2) is 9.97 Å². The van der Waals surface area contributed by atoms with Crippen molar-refractivity contribution < 1.29 is 0 Å². The Kier molecular flexibility index (Phi) is 5.33. The number of nitrogens with two attached hydrogens (primary N) is 1. The highest BCUT2D eigenvalue weighted by molar-refractivity contribution is 14.1. The average Bonchev–Trinajstić information content (AvgIpc) is 2.26. The van der Waals surface area contributed by atoms with Crippen LogP contribution in [0.1, 0.15) is 13.8 Å². The molecule has 1 rings (SSSR count). The van der Waals surface area contributed by atoms with Crippen molar-refractivity contribution in [2.45, 2.75) is 13.8 Å². The molecule has 1 heterocycles. The van der Waals surface area contributed by atoms with Crippen molar-refractivity contribution in [2.24, 2.45) is 11.7 Å². The highest BCUT2D eigenvalue weighted by Gasteiger charge is 2.13. The lowest BCUT2D eigenvalue weighted by molar-refractivity contribution is 0.690. The Labute approximate surface area is 115 Å². The van der Waals surface area contributed by atoms with Gasteiger partial charge in [0.25, 0.3) is 0 Å². The smallest absolute Gasteiger partial charge is 0.225 e. The zero-order valence-electron chi connectivity index (χ0n) is 9.35. The zero-order chi connectivity index (χ0) is 12.1. The van der Waals surface area contributed by atoms with E-state index in [1.54, 1.807) is 12.4 Å². The Bertz CT molecular complexity index is 354. The molecule has 6 heteroatoms. The van der Waals surface area contributed by atoms with Gasteiger partial charge in [-0.3, -0.25) is 0 Å². The van der Waals surface area contributed by atoms with Crippen molar-refractivity contribution in [3.05, 3.63) is 16.0 Å². The Hall–Kier alpha value is -0.500. The van der Waals surface area contributed by atoms with E-state index in [0.717, 1.165) is 22.6 Å². The fourth-order valence-corrected chi connectivity index (χ4v) is 1.59. The molecule has 88 valence electrons. The van der Waals surface area contributed by atoms with Crippen molar-refractivity contribution in [2.75, 3.05) is 18.0 Å². The number of anilines is 1. The lowest BCUT2D eigenvalue weighted by Crippen LogP contribution is -2.34. The van der Waals surface area contributed by atoms with E-state index >= 15 is 0 Å². The molecule has 0 spiro atoms. The normalized spacial score (nSPS) is 12.2. The Morgan fingerprint density at radius 1 is 1.56 bits per heavy atom. The molecule has 1 atom stereocenters. The molecule has 0 amide bonds. The monoisotopic (exact) mass is 350 g/mol. The summed E-state index contributed by atoms with van der Waals surface area (Å²) in [6, 6.07) is 0. The molecule has 1 aromatic heterocycles. The third-order valence-corrected chi connectivity index (χ3v) is 3.21. The second-order valence-electron chi connectivity index (χ2n) is 3.54. The maximum Gasteiger partial charge on any atom is 0.225 e. The second-order valence-corrected chi connectivity index (χ2v) is 5.26. The topological polar surface area (TPSA) is 55.0 Å². The van der Waals surface area contributed by atoms with E-state index in [0.29, 0.717) is 4.99 Å². The summed E-state index contributed by atoms with van der Waals surface area (Å²) < 4.78 is 1.03. The molecule has 4 nitrogen and oxygen atoms in total. The largest absolute Gasteiger partial charge is 0.393 e. The molecule has 16 heavy (non-hydrogen) atoms. The highest BCUT2D eigenvalue weighted by atomic mass is 127. The third kappa shape index (κ3) is 3.82. The van der Waals surface area contributed by atoms with Crippen molar-refractivity contribution in [3.8, 4) is 0 Å². The molecule has 0 saturated carbocycles. The van der Waals surface area contributed by atoms with E-state index in [-0.39, 0.29) is 5.92 Å². The van der Waals surface area contributed by atoms with Crippen LogP contribution in [0.4, 0.5) is 5.95 Å². The Morgan fingerprint density at radius 3 is 2.56 bits per heavy atom. The number of nitrogens with zero attached hydrogens (tertiary/aromatic N) is 3. The van der Waals surface area contributed by atoms with Crippen LogP contribution in [0.5, 0.6) is 0 Å². The van der Waals surface area contributed by atoms with E-state index in [4.69, 9.17) is 18.0 Å². The van der Waals surface area contributed by atoms with Gasteiger partial charge < -0.3 is 10.6 Å². The van der Waals surface area contributed by atoms with Crippen molar-refractivity contribution >= 4 is 45.7 Å². The predicted octanol–water partition coefficient (Wildman–Crippen LogP) is 1.83.